The van der Waals surface area contributed by atoms with E-state index in [0.717, 1.165) is 15.9 Å². The number of hydrogen-bond acceptors (Lipinski definition) is 6. The number of anilines is 1. The van der Waals surface area contributed by atoms with Crippen molar-refractivity contribution in [1.82, 2.24) is 18.9 Å². The number of carbonyl (C=O) groups excluding carboxylic acids is 2. The Hall–Kier alpha value is -3.56. The van der Waals surface area contributed by atoms with Crippen LogP contribution in [0.3, 0.4) is 0 Å². The van der Waals surface area contributed by atoms with E-state index in [1.807, 2.05) is 34.1 Å². The molecule has 2 aromatic rings. The van der Waals surface area contributed by atoms with Gasteiger partial charge in [0.1, 0.15) is 11.6 Å². The summed E-state index contributed by atoms with van der Waals surface area (Å²) in [5, 5.41) is 0. The largest absolute Gasteiger partial charge is 0.497 e. The van der Waals surface area contributed by atoms with Crippen molar-refractivity contribution in [2.45, 2.75) is 19.4 Å². The molecule has 1 aromatic heterocycles. The Labute approximate surface area is 197 Å². The quantitative estimate of drug-likeness (QED) is 0.620. The molecule has 2 amide bonds. The molecule has 0 bridgehead atoms. The highest BCUT2D eigenvalue weighted by Gasteiger charge is 2.37. The van der Waals surface area contributed by atoms with Gasteiger partial charge in [-0.3, -0.25) is 23.5 Å². The fourth-order valence-corrected chi connectivity index (χ4v) is 4.69. The van der Waals surface area contributed by atoms with Crippen LogP contribution in [0.15, 0.2) is 39.9 Å². The van der Waals surface area contributed by atoms with Crippen molar-refractivity contribution in [2.75, 3.05) is 44.7 Å². The van der Waals surface area contributed by atoms with Crippen molar-refractivity contribution in [2.24, 2.45) is 20.0 Å². The summed E-state index contributed by atoms with van der Waals surface area (Å²) in [5.74, 6) is 0.941. The van der Waals surface area contributed by atoms with Crippen LogP contribution in [-0.4, -0.2) is 70.6 Å². The lowest BCUT2D eigenvalue weighted by Crippen LogP contribution is -2.42. The summed E-state index contributed by atoms with van der Waals surface area (Å²) in [6.07, 6.45) is 0.934. The van der Waals surface area contributed by atoms with Crippen molar-refractivity contribution in [3.05, 3.63) is 56.7 Å². The molecule has 2 fully saturated rings. The van der Waals surface area contributed by atoms with Gasteiger partial charge in [-0.15, -0.1) is 0 Å². The molecule has 4 rings (SSSR count). The second-order valence-corrected chi connectivity index (χ2v) is 8.93. The van der Waals surface area contributed by atoms with Crippen LogP contribution < -0.4 is 20.9 Å². The molecule has 2 aliphatic rings. The lowest BCUT2D eigenvalue weighted by atomic mass is 10.1. The SMILES string of the molecule is COc1ccc(CN2C[C@@H](C(=O)N3CCCN(c4cc(=O)n(C)c(=O)n4C)CC3)CC2=O)cc1. The Kier molecular flexibility index (Phi) is 6.76. The Bertz CT molecular complexity index is 1190. The van der Waals surface area contributed by atoms with Crippen LogP contribution in [0.25, 0.3) is 0 Å². The van der Waals surface area contributed by atoms with Crippen molar-refractivity contribution in [3.8, 4) is 5.75 Å². The predicted octanol–water partition coefficient (Wildman–Crippen LogP) is 0.180. The second-order valence-electron chi connectivity index (χ2n) is 8.93. The average molecular weight is 470 g/mol. The minimum absolute atomic E-state index is 0.00899. The fraction of sp³-hybridized carbons (Fsp3) is 0.500. The maximum Gasteiger partial charge on any atom is 0.332 e. The van der Waals surface area contributed by atoms with Gasteiger partial charge in [0.05, 0.1) is 13.0 Å². The Morgan fingerprint density at radius 2 is 1.74 bits per heavy atom. The number of likely N-dealkylation sites (tertiary alicyclic amines) is 1. The van der Waals surface area contributed by atoms with Crippen LogP contribution >= 0.6 is 0 Å². The second kappa shape index (κ2) is 9.74. The maximum atomic E-state index is 13.2. The summed E-state index contributed by atoms with van der Waals surface area (Å²) in [4.78, 5) is 55.8. The number of nitrogens with zero attached hydrogens (tertiary/aromatic N) is 5. The lowest BCUT2D eigenvalue weighted by molar-refractivity contribution is -0.135. The first-order chi connectivity index (χ1) is 16.3. The summed E-state index contributed by atoms with van der Waals surface area (Å²) >= 11 is 0. The maximum absolute atomic E-state index is 13.2. The molecule has 0 aliphatic carbocycles. The van der Waals surface area contributed by atoms with Gasteiger partial charge < -0.3 is 19.4 Å². The summed E-state index contributed by atoms with van der Waals surface area (Å²) in [7, 11) is 4.71. The third-order valence-corrected chi connectivity index (χ3v) is 6.73. The first-order valence-electron chi connectivity index (χ1n) is 11.5. The third kappa shape index (κ3) is 4.71. The molecule has 1 atom stereocenters. The predicted molar refractivity (Wildman–Crippen MR) is 127 cm³/mol. The third-order valence-electron chi connectivity index (χ3n) is 6.73. The number of ether oxygens (including phenoxy) is 1. The van der Waals surface area contributed by atoms with E-state index in [1.165, 1.54) is 17.7 Å². The highest BCUT2D eigenvalue weighted by atomic mass is 16.5. The van der Waals surface area contributed by atoms with E-state index in [9.17, 15) is 19.2 Å². The number of rotatable bonds is 5. The van der Waals surface area contributed by atoms with Crippen molar-refractivity contribution in [1.29, 1.82) is 0 Å². The molecule has 2 saturated heterocycles. The molecule has 3 heterocycles. The van der Waals surface area contributed by atoms with Crippen LogP contribution in [0.5, 0.6) is 5.75 Å². The molecule has 182 valence electrons. The number of amides is 2. The minimum Gasteiger partial charge on any atom is -0.497 e. The van der Waals surface area contributed by atoms with Gasteiger partial charge in [0, 0.05) is 65.9 Å². The Morgan fingerprint density at radius 1 is 1.00 bits per heavy atom. The first-order valence-corrected chi connectivity index (χ1v) is 11.5. The van der Waals surface area contributed by atoms with E-state index in [-0.39, 0.29) is 35.4 Å². The molecule has 0 radical (unpaired) electrons. The molecule has 0 N–H and O–H groups in total. The van der Waals surface area contributed by atoms with Gasteiger partial charge in [0.2, 0.25) is 11.8 Å². The number of methoxy groups -OCH3 is 1. The van der Waals surface area contributed by atoms with Crippen LogP contribution in [0, 0.1) is 5.92 Å². The van der Waals surface area contributed by atoms with Gasteiger partial charge in [-0.2, -0.15) is 0 Å². The van der Waals surface area contributed by atoms with Gasteiger partial charge >= 0.3 is 5.69 Å². The topological polar surface area (TPSA) is 97.1 Å². The zero-order valence-electron chi connectivity index (χ0n) is 19.9. The monoisotopic (exact) mass is 469 g/mol. The molecule has 0 unspecified atom stereocenters. The van der Waals surface area contributed by atoms with E-state index in [0.29, 0.717) is 51.5 Å². The standard InChI is InChI=1S/C24H31N5O5/c1-25-20(14-21(30)26(2)24(25)33)27-9-4-10-28(12-11-27)23(32)18-13-22(31)29(16-18)15-17-5-7-19(34-3)8-6-17/h5-8,14,18H,4,9-13,15-16H2,1-3H3/t18-/m0/s1. The molecule has 2 aliphatic heterocycles. The average Bonchev–Trinajstić information content (AvgIpc) is 3.04. The lowest BCUT2D eigenvalue weighted by Gasteiger charge is -2.26. The molecule has 10 heteroatoms. The van der Waals surface area contributed by atoms with Crippen LogP contribution in [-0.2, 0) is 30.2 Å². The molecule has 1 aromatic carbocycles. The van der Waals surface area contributed by atoms with Gasteiger partial charge in [0.25, 0.3) is 5.56 Å². The summed E-state index contributed by atoms with van der Waals surface area (Å²) in [6, 6.07) is 9.04. The number of hydrogen-bond donors (Lipinski definition) is 0. The smallest absolute Gasteiger partial charge is 0.332 e. The van der Waals surface area contributed by atoms with E-state index in [1.54, 1.807) is 19.1 Å². The van der Waals surface area contributed by atoms with Crippen LogP contribution in [0.4, 0.5) is 5.82 Å². The van der Waals surface area contributed by atoms with Crippen molar-refractivity contribution >= 4 is 17.6 Å². The number of benzene rings is 1. The van der Waals surface area contributed by atoms with E-state index < -0.39 is 0 Å². The van der Waals surface area contributed by atoms with E-state index >= 15 is 0 Å². The molecular formula is C24H31N5O5. The Balaban J connectivity index is 1.39. The summed E-state index contributed by atoms with van der Waals surface area (Å²) < 4.78 is 7.72. The van der Waals surface area contributed by atoms with Gasteiger partial charge in [-0.25, -0.2) is 4.79 Å². The van der Waals surface area contributed by atoms with Crippen molar-refractivity contribution < 1.29 is 14.3 Å². The van der Waals surface area contributed by atoms with Gasteiger partial charge in [0.15, 0.2) is 0 Å². The minimum atomic E-state index is -0.374. The van der Waals surface area contributed by atoms with Gasteiger partial charge in [-0.1, -0.05) is 12.1 Å². The number of carbonyl (C=O) groups is 2. The molecular weight excluding hydrogens is 438 g/mol. The molecule has 34 heavy (non-hydrogen) atoms. The first kappa shape index (κ1) is 23.6. The zero-order valence-corrected chi connectivity index (χ0v) is 19.9. The molecule has 0 spiro atoms. The van der Waals surface area contributed by atoms with Crippen LogP contribution in [0.1, 0.15) is 18.4 Å². The summed E-state index contributed by atoms with van der Waals surface area (Å²) in [5.41, 5.74) is 0.269. The Morgan fingerprint density at radius 3 is 2.44 bits per heavy atom. The van der Waals surface area contributed by atoms with E-state index in [2.05, 4.69) is 0 Å². The highest BCUT2D eigenvalue weighted by molar-refractivity contribution is 5.89. The normalized spacial score (nSPS) is 18.9. The zero-order chi connectivity index (χ0) is 24.4. The molecule has 10 nitrogen and oxygen atoms in total. The van der Waals surface area contributed by atoms with E-state index in [4.69, 9.17) is 4.74 Å². The fourth-order valence-electron chi connectivity index (χ4n) is 4.69. The van der Waals surface area contributed by atoms with Crippen molar-refractivity contribution in [3.63, 3.8) is 0 Å². The number of aromatic nitrogens is 2. The molecule has 0 saturated carbocycles. The van der Waals surface area contributed by atoms with Crippen LogP contribution in [0.2, 0.25) is 0 Å². The highest BCUT2D eigenvalue weighted by Crippen LogP contribution is 2.24. The summed E-state index contributed by atoms with van der Waals surface area (Å²) in [6.45, 7) is 3.09. The van der Waals surface area contributed by atoms with Gasteiger partial charge in [-0.05, 0) is 24.1 Å².